The maximum Gasteiger partial charge on any atom is 0.261 e. The monoisotopic (exact) mass is 456 g/mol. The van der Waals surface area contributed by atoms with E-state index < -0.39 is 0 Å². The lowest BCUT2D eigenvalue weighted by Gasteiger charge is -2.21. The Morgan fingerprint density at radius 3 is 2.12 bits per heavy atom. The Bertz CT molecular complexity index is 1310. The van der Waals surface area contributed by atoms with Gasteiger partial charge in [-0.15, -0.1) is 0 Å². The molecule has 0 bridgehead atoms. The zero-order chi connectivity index (χ0) is 24.2. The maximum atomic E-state index is 13.5. The Hall–Kier alpha value is -3.60. The molecule has 34 heavy (non-hydrogen) atoms. The van der Waals surface area contributed by atoms with Gasteiger partial charge in [0.05, 0.1) is 24.6 Å². The van der Waals surface area contributed by atoms with Gasteiger partial charge in [0.25, 0.3) is 5.56 Å². The van der Waals surface area contributed by atoms with Crippen molar-refractivity contribution in [2.24, 2.45) is 0 Å². The molecule has 0 amide bonds. The van der Waals surface area contributed by atoms with Crippen molar-refractivity contribution in [3.63, 3.8) is 0 Å². The average molecular weight is 457 g/mol. The summed E-state index contributed by atoms with van der Waals surface area (Å²) < 4.78 is 13.4. The van der Waals surface area contributed by atoms with Crippen LogP contribution in [0.1, 0.15) is 50.7 Å². The van der Waals surface area contributed by atoms with Crippen LogP contribution in [-0.2, 0) is 6.54 Å². The molecule has 0 aliphatic rings. The van der Waals surface area contributed by atoms with E-state index in [0.717, 1.165) is 17.1 Å². The lowest BCUT2D eigenvalue weighted by molar-refractivity contribution is 0.289. The number of nitrogens with zero attached hydrogens (tertiary/aromatic N) is 2. The highest BCUT2D eigenvalue weighted by Crippen LogP contribution is 2.34. The molecular formula is C29H32N2O3. The first kappa shape index (κ1) is 23.6. The molecule has 0 radical (unpaired) electrons. The van der Waals surface area contributed by atoms with Crippen molar-refractivity contribution in [2.45, 2.75) is 46.1 Å². The van der Waals surface area contributed by atoms with Crippen molar-refractivity contribution in [2.75, 3.05) is 13.7 Å². The Morgan fingerprint density at radius 2 is 1.50 bits per heavy atom. The summed E-state index contributed by atoms with van der Waals surface area (Å²) in [4.78, 5) is 18.3. The van der Waals surface area contributed by atoms with Crippen LogP contribution in [-0.4, -0.2) is 23.3 Å². The van der Waals surface area contributed by atoms with Crippen LogP contribution in [0.5, 0.6) is 11.5 Å². The van der Waals surface area contributed by atoms with E-state index in [1.165, 1.54) is 11.1 Å². The molecule has 0 unspecified atom stereocenters. The van der Waals surface area contributed by atoms with Crippen LogP contribution in [0.3, 0.4) is 0 Å². The standard InChI is InChI=1S/C29H32N2O3/c1-19(2)23-10-8-11-24(20(3)4)27(23)34-18-17-31-28(21-13-15-22(33-5)16-14-21)30-26-12-7-6-9-25(26)29(31)32/h6-16,19-20H,17-18H2,1-5H3. The van der Waals surface area contributed by atoms with Gasteiger partial charge in [0.1, 0.15) is 23.9 Å². The Labute approximate surface area is 201 Å². The number of aromatic nitrogens is 2. The summed E-state index contributed by atoms with van der Waals surface area (Å²) in [6.07, 6.45) is 0. The summed E-state index contributed by atoms with van der Waals surface area (Å²) in [5, 5.41) is 0.602. The molecule has 1 aromatic heterocycles. The van der Waals surface area contributed by atoms with E-state index in [-0.39, 0.29) is 5.56 Å². The van der Waals surface area contributed by atoms with Crippen molar-refractivity contribution in [3.05, 3.63) is 88.2 Å². The second-order valence-electron chi connectivity index (χ2n) is 9.06. The largest absolute Gasteiger partial charge is 0.497 e. The van der Waals surface area contributed by atoms with Gasteiger partial charge < -0.3 is 9.47 Å². The smallest absolute Gasteiger partial charge is 0.261 e. The summed E-state index contributed by atoms with van der Waals surface area (Å²) in [6.45, 7) is 9.45. The van der Waals surface area contributed by atoms with Crippen LogP contribution in [0.2, 0.25) is 0 Å². The molecule has 0 atom stereocenters. The predicted molar refractivity (Wildman–Crippen MR) is 138 cm³/mol. The van der Waals surface area contributed by atoms with Crippen molar-refractivity contribution >= 4 is 10.9 Å². The van der Waals surface area contributed by atoms with Gasteiger partial charge in [-0.2, -0.15) is 0 Å². The van der Waals surface area contributed by atoms with E-state index in [1.54, 1.807) is 11.7 Å². The third kappa shape index (κ3) is 4.69. The zero-order valence-corrected chi connectivity index (χ0v) is 20.5. The molecule has 0 saturated carbocycles. The Kier molecular flexibility index (Phi) is 7.01. The van der Waals surface area contributed by atoms with Crippen molar-refractivity contribution in [1.82, 2.24) is 9.55 Å². The molecule has 176 valence electrons. The van der Waals surface area contributed by atoms with Gasteiger partial charge >= 0.3 is 0 Å². The van der Waals surface area contributed by atoms with E-state index >= 15 is 0 Å². The first-order valence-corrected chi connectivity index (χ1v) is 11.8. The molecule has 5 nitrogen and oxygen atoms in total. The zero-order valence-electron chi connectivity index (χ0n) is 20.5. The summed E-state index contributed by atoms with van der Waals surface area (Å²) in [7, 11) is 1.64. The summed E-state index contributed by atoms with van der Waals surface area (Å²) in [6, 6.07) is 21.4. The van der Waals surface area contributed by atoms with Gasteiger partial charge in [-0.25, -0.2) is 4.98 Å². The number of hydrogen-bond donors (Lipinski definition) is 0. The van der Waals surface area contributed by atoms with Crippen LogP contribution in [0.25, 0.3) is 22.3 Å². The number of hydrogen-bond acceptors (Lipinski definition) is 4. The van der Waals surface area contributed by atoms with Gasteiger partial charge in [-0.3, -0.25) is 9.36 Å². The molecule has 4 aromatic rings. The van der Waals surface area contributed by atoms with Gasteiger partial charge in [0, 0.05) is 5.56 Å². The fourth-order valence-electron chi connectivity index (χ4n) is 4.22. The van der Waals surface area contributed by atoms with Gasteiger partial charge in [-0.05, 0) is 59.4 Å². The van der Waals surface area contributed by atoms with Gasteiger partial charge in [0.2, 0.25) is 0 Å². The quantitative estimate of drug-likeness (QED) is 0.308. The van der Waals surface area contributed by atoms with Crippen LogP contribution in [0, 0.1) is 0 Å². The Morgan fingerprint density at radius 1 is 0.853 bits per heavy atom. The molecule has 5 heteroatoms. The van der Waals surface area contributed by atoms with Crippen LogP contribution < -0.4 is 15.0 Å². The fourth-order valence-corrected chi connectivity index (χ4v) is 4.22. The van der Waals surface area contributed by atoms with Crippen LogP contribution in [0.4, 0.5) is 0 Å². The number of ether oxygens (including phenoxy) is 2. The third-order valence-corrected chi connectivity index (χ3v) is 6.09. The molecule has 0 saturated heterocycles. The fraction of sp³-hybridized carbons (Fsp3) is 0.310. The van der Waals surface area contributed by atoms with Gasteiger partial charge in [0.15, 0.2) is 0 Å². The molecule has 0 aliphatic carbocycles. The number of benzene rings is 3. The van der Waals surface area contributed by atoms with Crippen molar-refractivity contribution in [3.8, 4) is 22.9 Å². The minimum Gasteiger partial charge on any atom is -0.497 e. The third-order valence-electron chi connectivity index (χ3n) is 6.09. The SMILES string of the molecule is COc1ccc(-c2nc3ccccc3c(=O)n2CCOc2c(C(C)C)cccc2C(C)C)cc1. The highest BCUT2D eigenvalue weighted by atomic mass is 16.5. The second kappa shape index (κ2) is 10.1. The first-order chi connectivity index (χ1) is 16.4. The molecule has 0 spiro atoms. The first-order valence-electron chi connectivity index (χ1n) is 11.8. The van der Waals surface area contributed by atoms with E-state index in [9.17, 15) is 4.79 Å². The van der Waals surface area contributed by atoms with Crippen LogP contribution in [0.15, 0.2) is 71.5 Å². The molecule has 0 aliphatic heterocycles. The minimum absolute atomic E-state index is 0.0683. The van der Waals surface area contributed by atoms with E-state index in [2.05, 4.69) is 45.9 Å². The maximum absolute atomic E-state index is 13.5. The summed E-state index contributed by atoms with van der Waals surface area (Å²) in [5.41, 5.74) is 3.84. The van der Waals surface area contributed by atoms with Crippen molar-refractivity contribution in [1.29, 1.82) is 0 Å². The van der Waals surface area contributed by atoms with E-state index in [4.69, 9.17) is 14.5 Å². The molecular weight excluding hydrogens is 424 g/mol. The van der Waals surface area contributed by atoms with E-state index in [0.29, 0.717) is 41.7 Å². The van der Waals surface area contributed by atoms with Crippen LogP contribution >= 0.6 is 0 Å². The summed E-state index contributed by atoms with van der Waals surface area (Å²) in [5.74, 6) is 2.99. The predicted octanol–water partition coefficient (Wildman–Crippen LogP) is 6.40. The highest BCUT2D eigenvalue weighted by Gasteiger charge is 2.17. The molecule has 4 rings (SSSR count). The van der Waals surface area contributed by atoms with Gasteiger partial charge in [-0.1, -0.05) is 58.0 Å². The molecule has 0 N–H and O–H groups in total. The molecule has 3 aromatic carbocycles. The van der Waals surface area contributed by atoms with Crippen molar-refractivity contribution < 1.29 is 9.47 Å². The Balaban J connectivity index is 1.72. The molecule has 1 heterocycles. The topological polar surface area (TPSA) is 53.3 Å². The van der Waals surface area contributed by atoms with E-state index in [1.807, 2.05) is 48.5 Å². The normalized spacial score (nSPS) is 11.4. The molecule has 0 fully saturated rings. The average Bonchev–Trinajstić information content (AvgIpc) is 2.85. The lowest BCUT2D eigenvalue weighted by Crippen LogP contribution is -2.26. The number of methoxy groups -OCH3 is 1. The lowest BCUT2D eigenvalue weighted by atomic mass is 9.94. The minimum atomic E-state index is -0.0683. The second-order valence-corrected chi connectivity index (χ2v) is 9.06. The number of fused-ring (bicyclic) bond motifs is 1. The summed E-state index contributed by atoms with van der Waals surface area (Å²) >= 11 is 0. The highest BCUT2D eigenvalue weighted by molar-refractivity contribution is 5.79. The number of rotatable bonds is 8. The number of para-hydroxylation sites is 2.